The molecule has 0 radical (unpaired) electrons. The first-order valence-corrected chi connectivity index (χ1v) is 9.20. The Balaban J connectivity index is 1.51. The van der Waals surface area contributed by atoms with E-state index in [-0.39, 0.29) is 12.3 Å². The third-order valence-corrected chi connectivity index (χ3v) is 4.75. The molecule has 3 nitrogen and oxygen atoms in total. The minimum atomic E-state index is -0.882. The van der Waals surface area contributed by atoms with Crippen molar-refractivity contribution in [3.05, 3.63) is 59.7 Å². The lowest BCUT2D eigenvalue weighted by Gasteiger charge is -2.22. The minimum absolute atomic E-state index is 0.141. The summed E-state index contributed by atoms with van der Waals surface area (Å²) in [5.41, 5.74) is 2.54. The zero-order valence-corrected chi connectivity index (χ0v) is 14.8. The van der Waals surface area contributed by atoms with Crippen LogP contribution in [0.4, 0.5) is 20.2 Å². The molecule has 1 aliphatic rings. The normalized spacial score (nSPS) is 14.8. The lowest BCUT2D eigenvalue weighted by atomic mass is 10.1. The summed E-state index contributed by atoms with van der Waals surface area (Å²) < 4.78 is 26.1. The van der Waals surface area contributed by atoms with E-state index >= 15 is 0 Å². The second kappa shape index (κ2) is 8.79. The highest BCUT2D eigenvalue weighted by Gasteiger charge is 2.10. The number of aryl methyl sites for hydroxylation is 1. The highest BCUT2D eigenvalue weighted by atomic mass is 19.2. The van der Waals surface area contributed by atoms with Crippen molar-refractivity contribution in [1.29, 1.82) is 0 Å². The van der Waals surface area contributed by atoms with E-state index in [2.05, 4.69) is 10.2 Å². The Hall–Kier alpha value is -2.43. The molecule has 0 aliphatic carbocycles. The van der Waals surface area contributed by atoms with E-state index in [4.69, 9.17) is 0 Å². The van der Waals surface area contributed by atoms with Gasteiger partial charge in [-0.2, -0.15) is 0 Å². The van der Waals surface area contributed by atoms with Gasteiger partial charge in [-0.05, 0) is 61.2 Å². The maximum Gasteiger partial charge on any atom is 0.224 e. The molecule has 0 saturated carbocycles. The monoisotopic (exact) mass is 358 g/mol. The van der Waals surface area contributed by atoms with Crippen LogP contribution in [0.5, 0.6) is 0 Å². The SMILES string of the molecule is O=C(CCc1ccc(F)c(F)c1)Nc1ccc(N2CCCCCC2)cc1. The molecule has 1 fully saturated rings. The van der Waals surface area contributed by atoms with E-state index in [0.717, 1.165) is 30.9 Å². The maximum absolute atomic E-state index is 13.2. The summed E-state index contributed by atoms with van der Waals surface area (Å²) >= 11 is 0. The van der Waals surface area contributed by atoms with Crippen LogP contribution in [-0.2, 0) is 11.2 Å². The Morgan fingerprint density at radius 2 is 1.62 bits per heavy atom. The van der Waals surface area contributed by atoms with E-state index in [0.29, 0.717) is 12.0 Å². The van der Waals surface area contributed by atoms with E-state index in [9.17, 15) is 13.6 Å². The molecule has 3 rings (SSSR count). The summed E-state index contributed by atoms with van der Waals surface area (Å²) in [6, 6.07) is 11.6. The molecule has 1 saturated heterocycles. The van der Waals surface area contributed by atoms with E-state index in [1.807, 2.05) is 24.3 Å². The van der Waals surface area contributed by atoms with Crippen LogP contribution in [0.2, 0.25) is 0 Å². The quantitative estimate of drug-likeness (QED) is 0.823. The molecule has 5 heteroatoms. The van der Waals surface area contributed by atoms with Crippen LogP contribution in [0.3, 0.4) is 0 Å². The second-order valence-corrected chi connectivity index (χ2v) is 6.74. The topological polar surface area (TPSA) is 32.3 Å². The Morgan fingerprint density at radius 3 is 2.27 bits per heavy atom. The van der Waals surface area contributed by atoms with Gasteiger partial charge in [0.2, 0.25) is 5.91 Å². The van der Waals surface area contributed by atoms with E-state index < -0.39 is 11.6 Å². The Labute approximate surface area is 153 Å². The first kappa shape index (κ1) is 18.4. The molecule has 1 heterocycles. The molecule has 138 valence electrons. The molecule has 0 unspecified atom stereocenters. The van der Waals surface area contributed by atoms with Crippen LogP contribution in [0, 0.1) is 11.6 Å². The van der Waals surface area contributed by atoms with Gasteiger partial charge in [-0.3, -0.25) is 4.79 Å². The molecule has 2 aromatic rings. The number of carbonyl (C=O) groups is 1. The van der Waals surface area contributed by atoms with Crippen LogP contribution in [-0.4, -0.2) is 19.0 Å². The fourth-order valence-corrected chi connectivity index (χ4v) is 3.26. The molecule has 1 N–H and O–H groups in total. The number of hydrogen-bond donors (Lipinski definition) is 1. The lowest BCUT2D eigenvalue weighted by molar-refractivity contribution is -0.116. The van der Waals surface area contributed by atoms with Crippen LogP contribution < -0.4 is 10.2 Å². The smallest absolute Gasteiger partial charge is 0.224 e. The molecule has 0 aromatic heterocycles. The average Bonchev–Trinajstić information content (AvgIpc) is 2.93. The summed E-state index contributed by atoms with van der Waals surface area (Å²) in [4.78, 5) is 14.5. The van der Waals surface area contributed by atoms with E-state index in [1.54, 1.807) is 0 Å². The predicted molar refractivity (Wildman–Crippen MR) is 100 cm³/mol. The first-order valence-electron chi connectivity index (χ1n) is 9.20. The van der Waals surface area contributed by atoms with Crippen molar-refractivity contribution in [3.63, 3.8) is 0 Å². The highest BCUT2D eigenvalue weighted by molar-refractivity contribution is 5.91. The van der Waals surface area contributed by atoms with Crippen molar-refractivity contribution in [3.8, 4) is 0 Å². The third kappa shape index (κ3) is 5.04. The van der Waals surface area contributed by atoms with Gasteiger partial charge in [0.15, 0.2) is 11.6 Å². The zero-order chi connectivity index (χ0) is 18.4. The summed E-state index contributed by atoms with van der Waals surface area (Å²) in [5.74, 6) is -1.90. The minimum Gasteiger partial charge on any atom is -0.372 e. The van der Waals surface area contributed by atoms with Gasteiger partial charge >= 0.3 is 0 Å². The number of benzene rings is 2. The average molecular weight is 358 g/mol. The molecule has 0 atom stereocenters. The van der Waals surface area contributed by atoms with Gasteiger partial charge in [0.05, 0.1) is 0 Å². The maximum atomic E-state index is 13.2. The van der Waals surface area contributed by atoms with Crippen molar-refractivity contribution < 1.29 is 13.6 Å². The summed E-state index contributed by atoms with van der Waals surface area (Å²) in [6.07, 6.45) is 5.63. The lowest BCUT2D eigenvalue weighted by Crippen LogP contribution is -2.23. The van der Waals surface area contributed by atoms with Crippen molar-refractivity contribution >= 4 is 17.3 Å². The molecular weight excluding hydrogens is 334 g/mol. The number of carbonyl (C=O) groups excluding carboxylic acids is 1. The van der Waals surface area contributed by atoms with Gasteiger partial charge in [0.1, 0.15) is 0 Å². The summed E-state index contributed by atoms with van der Waals surface area (Å²) in [7, 11) is 0. The van der Waals surface area contributed by atoms with Crippen molar-refractivity contribution in [1.82, 2.24) is 0 Å². The predicted octanol–water partition coefficient (Wildman–Crippen LogP) is 4.92. The van der Waals surface area contributed by atoms with Crippen LogP contribution in [0.25, 0.3) is 0 Å². The van der Waals surface area contributed by atoms with E-state index in [1.165, 1.54) is 37.4 Å². The van der Waals surface area contributed by atoms with Crippen molar-refractivity contribution in [2.24, 2.45) is 0 Å². The van der Waals surface area contributed by atoms with Crippen LogP contribution in [0.15, 0.2) is 42.5 Å². The Morgan fingerprint density at radius 1 is 0.923 bits per heavy atom. The Kier molecular flexibility index (Phi) is 6.21. The van der Waals surface area contributed by atoms with Gasteiger partial charge in [-0.25, -0.2) is 8.78 Å². The van der Waals surface area contributed by atoms with Gasteiger partial charge in [0.25, 0.3) is 0 Å². The molecule has 0 bridgehead atoms. The first-order chi connectivity index (χ1) is 12.6. The van der Waals surface area contributed by atoms with Crippen molar-refractivity contribution in [2.75, 3.05) is 23.3 Å². The van der Waals surface area contributed by atoms with Gasteiger partial charge < -0.3 is 10.2 Å². The Bertz CT molecular complexity index is 738. The van der Waals surface area contributed by atoms with Crippen LogP contribution in [0.1, 0.15) is 37.7 Å². The second-order valence-electron chi connectivity index (χ2n) is 6.74. The van der Waals surface area contributed by atoms with Gasteiger partial charge in [-0.1, -0.05) is 18.9 Å². The number of hydrogen-bond acceptors (Lipinski definition) is 2. The molecule has 0 spiro atoms. The molecule has 2 aromatic carbocycles. The number of nitrogens with one attached hydrogen (secondary N) is 1. The number of amides is 1. The van der Waals surface area contributed by atoms with Crippen molar-refractivity contribution in [2.45, 2.75) is 38.5 Å². The standard InChI is InChI=1S/C21H24F2N2O/c22-19-11-5-16(15-20(19)23)6-12-21(26)24-17-7-9-18(10-8-17)25-13-3-1-2-4-14-25/h5,7-11,15H,1-4,6,12-14H2,(H,24,26). The number of rotatable bonds is 5. The fourth-order valence-electron chi connectivity index (χ4n) is 3.26. The number of anilines is 2. The third-order valence-electron chi connectivity index (χ3n) is 4.75. The molecule has 1 amide bonds. The number of halogens is 2. The zero-order valence-electron chi connectivity index (χ0n) is 14.8. The molecule has 1 aliphatic heterocycles. The number of nitrogens with zero attached hydrogens (tertiary/aromatic N) is 1. The van der Waals surface area contributed by atoms with Gasteiger partial charge in [-0.15, -0.1) is 0 Å². The largest absolute Gasteiger partial charge is 0.372 e. The summed E-state index contributed by atoms with van der Waals surface area (Å²) in [5, 5.41) is 2.86. The fraction of sp³-hybridized carbons (Fsp3) is 0.381. The molecule has 26 heavy (non-hydrogen) atoms. The summed E-state index contributed by atoms with van der Waals surface area (Å²) in [6.45, 7) is 2.17. The molecular formula is C21H24F2N2O. The van der Waals surface area contributed by atoms with Gasteiger partial charge in [0, 0.05) is 30.9 Å². The van der Waals surface area contributed by atoms with Crippen LogP contribution >= 0.6 is 0 Å². The highest BCUT2D eigenvalue weighted by Crippen LogP contribution is 2.21.